The van der Waals surface area contributed by atoms with Crippen LogP contribution in [0, 0.1) is 23.0 Å². The van der Waals surface area contributed by atoms with Gasteiger partial charge in [-0.3, -0.25) is 14.7 Å². The van der Waals surface area contributed by atoms with Gasteiger partial charge in [-0.25, -0.2) is 4.79 Å². The molecule has 14 nitrogen and oxygen atoms in total. The van der Waals surface area contributed by atoms with Gasteiger partial charge in [0.2, 0.25) is 7.29 Å². The lowest BCUT2D eigenvalue weighted by Crippen LogP contribution is -2.46. The Kier molecular flexibility index (Phi) is 16.4. The van der Waals surface area contributed by atoms with E-state index in [4.69, 9.17) is 11.6 Å². The lowest BCUT2D eigenvalue weighted by molar-refractivity contribution is -0.383. The molecule has 3 atom stereocenters. The number of carboxylic acids is 1. The molecule has 1 aromatic heterocycles. The smallest absolute Gasteiger partial charge is 0.338 e. The van der Waals surface area contributed by atoms with E-state index in [-0.39, 0.29) is 41.8 Å². The minimum absolute atomic E-state index is 0.0107. The molecule has 4 heterocycles. The largest absolute Gasteiger partial charge is 0.478 e. The molecule has 0 aliphatic carbocycles. The summed E-state index contributed by atoms with van der Waals surface area (Å²) in [5, 5.41) is 48.7. The van der Waals surface area contributed by atoms with Crippen LogP contribution in [0.5, 0.6) is 0 Å². The highest BCUT2D eigenvalue weighted by atomic mass is 35.5. The van der Waals surface area contributed by atoms with Crippen molar-refractivity contribution in [3.05, 3.63) is 153 Å². The second kappa shape index (κ2) is 22.9. The van der Waals surface area contributed by atoms with Gasteiger partial charge in [0.05, 0.1) is 21.8 Å². The highest BCUT2D eigenvalue weighted by Crippen LogP contribution is 2.66. The number of aromatic nitrogens is 1. The average molecular weight is 1050 g/mol. The Morgan fingerprint density at radius 2 is 1.52 bits per heavy atom. The van der Waals surface area contributed by atoms with Crippen molar-refractivity contribution in [2.75, 3.05) is 79.8 Å². The molecule has 3 aliphatic rings. The second-order valence-corrected chi connectivity index (χ2v) is 24.2. The summed E-state index contributed by atoms with van der Waals surface area (Å²) in [7, 11) is -3.74. The van der Waals surface area contributed by atoms with Crippen LogP contribution in [0.1, 0.15) is 72.8 Å². The number of carbonyl (C=O) groups is 1. The summed E-state index contributed by atoms with van der Waals surface area (Å²) >= 11 is 7.98. The van der Waals surface area contributed by atoms with Crippen molar-refractivity contribution in [3.8, 4) is 22.4 Å². The molecule has 3 saturated heterocycles. The Morgan fingerprint density at radius 3 is 2.16 bits per heavy atom. The summed E-state index contributed by atoms with van der Waals surface area (Å²) in [6.45, 7) is 11.9. The Labute approximate surface area is 437 Å². The Balaban J connectivity index is 0.894. The van der Waals surface area contributed by atoms with Crippen molar-refractivity contribution in [1.82, 2.24) is 14.3 Å². The molecule has 73 heavy (non-hydrogen) atoms. The Morgan fingerprint density at radius 1 is 0.836 bits per heavy atom. The van der Waals surface area contributed by atoms with Crippen molar-refractivity contribution in [3.63, 3.8) is 0 Å². The van der Waals surface area contributed by atoms with Crippen LogP contribution >= 0.6 is 30.7 Å². The minimum atomic E-state index is -3.74. The van der Waals surface area contributed by atoms with Gasteiger partial charge in [-0.2, -0.15) is 0 Å². The maximum Gasteiger partial charge on any atom is 0.338 e. The van der Waals surface area contributed by atoms with E-state index in [9.17, 15) is 30.3 Å². The van der Waals surface area contributed by atoms with E-state index in [0.717, 1.165) is 109 Å². The average Bonchev–Trinajstić information content (AvgIpc) is 3.90. The first-order chi connectivity index (χ1) is 35.2. The van der Waals surface area contributed by atoms with Gasteiger partial charge >= 0.3 is 5.97 Å². The number of nitro groups is 1. The molecule has 4 N–H and O–H groups in total. The number of anilines is 3. The zero-order valence-corrected chi connectivity index (χ0v) is 44.1. The molecule has 0 saturated carbocycles. The number of aromatic carboxylic acids is 1. The van der Waals surface area contributed by atoms with Gasteiger partial charge in [-0.1, -0.05) is 66.2 Å². The number of nitro benzene ring substituents is 1. The summed E-state index contributed by atoms with van der Waals surface area (Å²) in [5.41, 5.74) is 6.63. The molecule has 3 fully saturated rings. The van der Waals surface area contributed by atoms with E-state index >= 15 is 4.57 Å². The number of nitrogens with zero attached hydrogens (tertiary/aromatic N) is 6. The molecule has 384 valence electrons. The minimum Gasteiger partial charge on any atom is -0.478 e. The predicted molar refractivity (Wildman–Crippen MR) is 295 cm³/mol. The van der Waals surface area contributed by atoms with Crippen molar-refractivity contribution < 1.29 is 29.7 Å². The van der Waals surface area contributed by atoms with Crippen LogP contribution in [0.25, 0.3) is 22.4 Å². The van der Waals surface area contributed by atoms with Crippen LogP contribution in [0.2, 0.25) is 5.02 Å². The van der Waals surface area contributed by atoms with Crippen molar-refractivity contribution >= 4 is 64.7 Å². The molecular weight excluding hydrogens is 981 g/mol. The number of aliphatic hydroxyl groups excluding tert-OH is 1. The van der Waals surface area contributed by atoms with Crippen LogP contribution in [0.15, 0.2) is 126 Å². The molecule has 9 rings (SSSR count). The number of nitrogens with one attached hydrogen (secondary N) is 1. The van der Waals surface area contributed by atoms with Crippen LogP contribution in [0.3, 0.4) is 0 Å². The molecule has 0 bridgehead atoms. The molecule has 0 spiro atoms. The van der Waals surface area contributed by atoms with E-state index in [2.05, 4.69) is 62.7 Å². The van der Waals surface area contributed by atoms with Gasteiger partial charge in [0.25, 0.3) is 5.69 Å². The molecule has 0 radical (unpaired) electrons. The van der Waals surface area contributed by atoms with Crippen LogP contribution < -0.4 is 20.4 Å². The predicted octanol–water partition coefficient (Wildman–Crippen LogP) is 11.7. The highest BCUT2D eigenvalue weighted by molar-refractivity contribution is 7.99. The lowest BCUT2D eigenvalue weighted by atomic mass is 9.96. The van der Waals surface area contributed by atoms with Gasteiger partial charge in [0.1, 0.15) is 5.69 Å². The van der Waals surface area contributed by atoms with E-state index in [1.807, 2.05) is 85.8 Å². The van der Waals surface area contributed by atoms with Gasteiger partial charge in [0, 0.05) is 108 Å². The SMILES string of the molecule is Cc1c(C(=O)O)c(-c2cccc(N3CCN(c4ccc([C@@H]5CCN(O)P5(=O)c5ccc(N[C@H](CCN6CCC(CO)CC6)CSc6ccccc6)c([N+](=O)[O-])c5)cc4)CC3)c2)c(-c2ccc(Cl)cc2)n1C(C)C. The van der Waals surface area contributed by atoms with Gasteiger partial charge in [-0.05, 0) is 143 Å². The van der Waals surface area contributed by atoms with Crippen molar-refractivity contribution in [2.24, 2.45) is 5.92 Å². The third-order valence-electron chi connectivity index (χ3n) is 15.0. The third-order valence-corrected chi connectivity index (χ3v) is 19.7. The number of hydrogen-bond donors (Lipinski definition) is 4. The third kappa shape index (κ3) is 11.2. The number of aliphatic hydroxyl groups is 1. The number of piperidine rings is 1. The number of benzene rings is 5. The standard InChI is InChI=1S/C56H65ClN7O7PS/c1-38(2)63-39(3)53(56(66)67)54(55(63)42-12-16-44(57)17-13-42)43-8-7-9-47(34-43)61-32-30-60(31-33-61)46-18-14-41(15-19-46)52-25-29-62(68)72(52,71)48-20-21-50(51(35-48)64(69)70)58-45(37-73-49-10-5-4-6-11-49)24-28-59-26-22-40(36-65)23-27-59/h4-21,34-35,38,40,45,52,58,65,68H,22-33,36-37H2,1-3H3,(H,66,67)/t45-,52+,72?/m1/s1. The molecule has 17 heteroatoms. The van der Waals surface area contributed by atoms with Crippen molar-refractivity contribution in [2.45, 2.75) is 69.1 Å². The fourth-order valence-electron chi connectivity index (χ4n) is 11.0. The monoisotopic (exact) mass is 1050 g/mol. The molecule has 0 amide bonds. The number of hydrogen-bond acceptors (Lipinski definition) is 11. The number of carboxylic acid groups (broad SMARTS) is 1. The molecular formula is C56H65ClN7O7PS. The van der Waals surface area contributed by atoms with Crippen molar-refractivity contribution in [1.29, 1.82) is 0 Å². The van der Waals surface area contributed by atoms with E-state index in [0.29, 0.717) is 40.1 Å². The number of rotatable bonds is 18. The molecule has 5 aromatic carbocycles. The Bertz CT molecular complexity index is 2940. The number of halogens is 1. The summed E-state index contributed by atoms with van der Waals surface area (Å²) in [4.78, 5) is 34.3. The van der Waals surface area contributed by atoms with Gasteiger partial charge in [-0.15, -0.1) is 16.6 Å². The number of hydroxylamine groups is 1. The maximum absolute atomic E-state index is 15.2. The first kappa shape index (κ1) is 52.2. The van der Waals surface area contributed by atoms with E-state index in [1.165, 1.54) is 6.07 Å². The summed E-state index contributed by atoms with van der Waals surface area (Å²) < 4.78 is 17.3. The van der Waals surface area contributed by atoms with Gasteiger partial charge < -0.3 is 40.0 Å². The summed E-state index contributed by atoms with van der Waals surface area (Å²) in [5.74, 6) is 0.0417. The number of piperazine rings is 1. The first-order valence-corrected chi connectivity index (χ1v) is 28.4. The molecule has 1 unspecified atom stereocenters. The number of likely N-dealkylation sites (tertiary alicyclic amines) is 1. The molecule has 3 aliphatic heterocycles. The number of thioether (sulfide) groups is 1. The van der Waals surface area contributed by atoms with Crippen LogP contribution in [-0.2, 0) is 4.57 Å². The highest BCUT2D eigenvalue weighted by Gasteiger charge is 2.47. The normalized spacial score (nSPS) is 19.4. The van der Waals surface area contributed by atoms with E-state index < -0.39 is 23.8 Å². The quantitative estimate of drug-likeness (QED) is 0.0278. The zero-order valence-electron chi connectivity index (χ0n) is 41.6. The second-order valence-electron chi connectivity index (χ2n) is 19.8. The fraction of sp³-hybridized carbons (Fsp3) is 0.375. The van der Waals surface area contributed by atoms with E-state index in [1.54, 1.807) is 23.9 Å². The summed E-state index contributed by atoms with van der Waals surface area (Å²) in [6, 6.07) is 38.4. The van der Waals surface area contributed by atoms with Crippen LogP contribution in [0.4, 0.5) is 22.7 Å². The maximum atomic E-state index is 15.2. The van der Waals surface area contributed by atoms with Gasteiger partial charge in [0.15, 0.2) is 0 Å². The van der Waals surface area contributed by atoms with Crippen LogP contribution in [-0.4, -0.2) is 111 Å². The molecule has 6 aromatic rings. The fourth-order valence-corrected chi connectivity index (χ4v) is 15.2. The lowest BCUT2D eigenvalue weighted by Gasteiger charge is -2.37. The summed E-state index contributed by atoms with van der Waals surface area (Å²) in [6.07, 6.45) is 3.08. The topological polar surface area (TPSA) is 168 Å². The first-order valence-electron chi connectivity index (χ1n) is 25.3. The Hall–Kier alpha value is -5.64. The zero-order chi connectivity index (χ0) is 51.4.